The molecule has 0 aromatic heterocycles. The number of para-hydroxylation sites is 1. The van der Waals surface area contributed by atoms with Crippen molar-refractivity contribution in [1.29, 1.82) is 0 Å². The molecule has 2 rings (SSSR count). The number of aryl methyl sites for hydroxylation is 1. The molecule has 0 bridgehead atoms. The van der Waals surface area contributed by atoms with Gasteiger partial charge in [0.1, 0.15) is 0 Å². The van der Waals surface area contributed by atoms with Crippen molar-refractivity contribution in [2.75, 3.05) is 5.32 Å². The zero-order chi connectivity index (χ0) is 14.7. The molecule has 1 aliphatic carbocycles. The van der Waals surface area contributed by atoms with Crippen LogP contribution in [0.1, 0.15) is 18.4 Å². The molecule has 106 valence electrons. The largest absolute Gasteiger partial charge is 0.481 e. The van der Waals surface area contributed by atoms with E-state index in [1.165, 1.54) is 0 Å². The Morgan fingerprint density at radius 3 is 2.65 bits per heavy atom. The summed E-state index contributed by atoms with van der Waals surface area (Å²) in [7, 11) is 0. The first-order chi connectivity index (χ1) is 9.49. The second-order valence-corrected chi connectivity index (χ2v) is 5.43. The molecular weight excluding hydrogens is 278 g/mol. The van der Waals surface area contributed by atoms with Gasteiger partial charge in [-0.1, -0.05) is 35.9 Å². The molecule has 1 amide bonds. The summed E-state index contributed by atoms with van der Waals surface area (Å²) in [6, 6.07) is 7.39. The van der Waals surface area contributed by atoms with Gasteiger partial charge in [-0.15, -0.1) is 0 Å². The highest BCUT2D eigenvalue weighted by Crippen LogP contribution is 2.33. The third-order valence-electron chi connectivity index (χ3n) is 3.55. The van der Waals surface area contributed by atoms with Crippen molar-refractivity contribution >= 4 is 29.2 Å². The second kappa shape index (κ2) is 6.09. The van der Waals surface area contributed by atoms with E-state index in [1.807, 2.05) is 25.1 Å². The standard InChI is InChI=1S/C15H16ClNO3/c1-9-4-2-3-5-13(9)17-14(18)12-8-10(16)6-7-11(12)15(19)20/h2-6,11-12H,7-8H2,1H3,(H,17,18)(H,19,20)/t11-,12-/m1/s1. The molecule has 0 fully saturated rings. The summed E-state index contributed by atoms with van der Waals surface area (Å²) in [5.74, 6) is -2.61. The first-order valence-corrected chi connectivity index (χ1v) is 6.80. The Bertz CT molecular complexity index is 568. The van der Waals surface area contributed by atoms with Gasteiger partial charge in [0, 0.05) is 10.7 Å². The number of carboxylic acid groups (broad SMARTS) is 1. The summed E-state index contributed by atoms with van der Waals surface area (Å²) in [6.07, 6.45) is 2.24. The van der Waals surface area contributed by atoms with Crippen LogP contribution in [0, 0.1) is 18.8 Å². The van der Waals surface area contributed by atoms with Crippen molar-refractivity contribution in [3.8, 4) is 0 Å². The van der Waals surface area contributed by atoms with Crippen LogP contribution in [0.2, 0.25) is 0 Å². The summed E-state index contributed by atoms with van der Waals surface area (Å²) in [5, 5.41) is 12.6. The van der Waals surface area contributed by atoms with E-state index in [2.05, 4.69) is 5.32 Å². The molecule has 0 radical (unpaired) electrons. The van der Waals surface area contributed by atoms with E-state index in [4.69, 9.17) is 11.6 Å². The minimum Gasteiger partial charge on any atom is -0.481 e. The number of carboxylic acids is 1. The van der Waals surface area contributed by atoms with Gasteiger partial charge in [0.05, 0.1) is 11.8 Å². The lowest BCUT2D eigenvalue weighted by Gasteiger charge is -2.26. The van der Waals surface area contributed by atoms with Crippen molar-refractivity contribution in [1.82, 2.24) is 0 Å². The lowest BCUT2D eigenvalue weighted by Crippen LogP contribution is -2.35. The normalized spacial score (nSPS) is 22.0. The molecule has 0 saturated heterocycles. The number of carbonyl (C=O) groups excluding carboxylic acids is 1. The third kappa shape index (κ3) is 3.20. The summed E-state index contributed by atoms with van der Waals surface area (Å²) >= 11 is 5.95. The van der Waals surface area contributed by atoms with Crippen molar-refractivity contribution in [2.45, 2.75) is 19.8 Å². The van der Waals surface area contributed by atoms with E-state index in [9.17, 15) is 14.7 Å². The SMILES string of the molecule is Cc1ccccc1NC(=O)[C@@H]1CC(Cl)=CC[C@H]1C(=O)O. The minimum atomic E-state index is -0.963. The van der Waals surface area contributed by atoms with Crippen LogP contribution < -0.4 is 5.32 Å². The van der Waals surface area contributed by atoms with Crippen LogP contribution in [0.15, 0.2) is 35.4 Å². The monoisotopic (exact) mass is 293 g/mol. The van der Waals surface area contributed by atoms with E-state index in [1.54, 1.807) is 12.1 Å². The van der Waals surface area contributed by atoms with Crippen molar-refractivity contribution in [3.05, 3.63) is 40.9 Å². The molecule has 20 heavy (non-hydrogen) atoms. The van der Waals surface area contributed by atoms with Crippen LogP contribution in [0.4, 0.5) is 5.69 Å². The topological polar surface area (TPSA) is 66.4 Å². The molecule has 2 atom stereocenters. The van der Waals surface area contributed by atoms with Crippen LogP contribution in [0.25, 0.3) is 0 Å². The number of nitrogens with one attached hydrogen (secondary N) is 1. The van der Waals surface area contributed by atoms with Crippen molar-refractivity contribution < 1.29 is 14.7 Å². The summed E-state index contributed by atoms with van der Waals surface area (Å²) in [4.78, 5) is 23.6. The number of hydrogen-bond donors (Lipinski definition) is 2. The Morgan fingerprint density at radius 2 is 2.00 bits per heavy atom. The van der Waals surface area contributed by atoms with Crippen LogP contribution in [0.5, 0.6) is 0 Å². The fourth-order valence-corrected chi connectivity index (χ4v) is 2.60. The highest BCUT2D eigenvalue weighted by atomic mass is 35.5. The van der Waals surface area contributed by atoms with E-state index < -0.39 is 17.8 Å². The van der Waals surface area contributed by atoms with Gasteiger partial charge in [0.2, 0.25) is 5.91 Å². The number of aliphatic carboxylic acids is 1. The predicted octanol–water partition coefficient (Wildman–Crippen LogP) is 3.17. The van der Waals surface area contributed by atoms with E-state index in [0.717, 1.165) is 5.56 Å². The number of rotatable bonds is 3. The molecule has 1 aromatic rings. The summed E-state index contributed by atoms with van der Waals surface area (Å²) < 4.78 is 0. The number of anilines is 1. The number of hydrogen-bond acceptors (Lipinski definition) is 2. The van der Waals surface area contributed by atoms with Crippen LogP contribution in [-0.2, 0) is 9.59 Å². The van der Waals surface area contributed by atoms with Gasteiger partial charge in [-0.3, -0.25) is 9.59 Å². The first-order valence-electron chi connectivity index (χ1n) is 6.43. The zero-order valence-electron chi connectivity index (χ0n) is 11.1. The Morgan fingerprint density at radius 1 is 1.30 bits per heavy atom. The predicted molar refractivity (Wildman–Crippen MR) is 77.6 cm³/mol. The van der Waals surface area contributed by atoms with Gasteiger partial charge in [0.25, 0.3) is 0 Å². The highest BCUT2D eigenvalue weighted by Gasteiger charge is 2.36. The summed E-state index contributed by atoms with van der Waals surface area (Å²) in [6.45, 7) is 1.89. The number of halogens is 1. The fourth-order valence-electron chi connectivity index (χ4n) is 2.34. The number of amides is 1. The van der Waals surface area contributed by atoms with Gasteiger partial charge in [-0.2, -0.15) is 0 Å². The van der Waals surface area contributed by atoms with E-state index >= 15 is 0 Å². The van der Waals surface area contributed by atoms with Gasteiger partial charge in [-0.25, -0.2) is 0 Å². The van der Waals surface area contributed by atoms with Crippen LogP contribution in [0.3, 0.4) is 0 Å². The lowest BCUT2D eigenvalue weighted by molar-refractivity contribution is -0.146. The Balaban J connectivity index is 2.17. The fraction of sp³-hybridized carbons (Fsp3) is 0.333. The number of benzene rings is 1. The Hall–Kier alpha value is -1.81. The maximum Gasteiger partial charge on any atom is 0.307 e. The molecule has 2 N–H and O–H groups in total. The molecule has 0 spiro atoms. The molecule has 0 aliphatic heterocycles. The zero-order valence-corrected chi connectivity index (χ0v) is 11.9. The number of allylic oxidation sites excluding steroid dienone is 2. The molecule has 1 aromatic carbocycles. The molecule has 4 nitrogen and oxygen atoms in total. The smallest absolute Gasteiger partial charge is 0.307 e. The summed E-state index contributed by atoms with van der Waals surface area (Å²) in [5.41, 5.74) is 1.64. The molecular formula is C15H16ClNO3. The molecule has 1 aliphatic rings. The van der Waals surface area contributed by atoms with E-state index in [-0.39, 0.29) is 12.3 Å². The average Bonchev–Trinajstić information content (AvgIpc) is 2.40. The highest BCUT2D eigenvalue weighted by molar-refractivity contribution is 6.29. The van der Waals surface area contributed by atoms with Gasteiger partial charge >= 0.3 is 5.97 Å². The average molecular weight is 294 g/mol. The molecule has 0 heterocycles. The maximum atomic E-state index is 12.3. The first kappa shape index (κ1) is 14.6. The Kier molecular flexibility index (Phi) is 4.45. The molecule has 0 saturated carbocycles. The minimum absolute atomic E-state index is 0.274. The maximum absolute atomic E-state index is 12.3. The van der Waals surface area contributed by atoms with Gasteiger partial charge in [0.15, 0.2) is 0 Å². The Labute approximate surface area is 122 Å². The second-order valence-electron chi connectivity index (χ2n) is 4.95. The molecule has 0 unspecified atom stereocenters. The van der Waals surface area contributed by atoms with Crippen molar-refractivity contribution in [2.24, 2.45) is 11.8 Å². The van der Waals surface area contributed by atoms with Crippen molar-refractivity contribution in [3.63, 3.8) is 0 Å². The third-order valence-corrected chi connectivity index (χ3v) is 3.86. The van der Waals surface area contributed by atoms with Gasteiger partial charge in [-0.05, 0) is 31.4 Å². The lowest BCUT2D eigenvalue weighted by atomic mass is 9.82. The molecule has 5 heteroatoms. The quantitative estimate of drug-likeness (QED) is 0.899. The van der Waals surface area contributed by atoms with Gasteiger partial charge < -0.3 is 10.4 Å². The van der Waals surface area contributed by atoms with Crippen LogP contribution in [-0.4, -0.2) is 17.0 Å². The van der Waals surface area contributed by atoms with E-state index in [0.29, 0.717) is 17.1 Å². The number of carbonyl (C=O) groups is 2. The van der Waals surface area contributed by atoms with Crippen LogP contribution >= 0.6 is 11.6 Å².